The van der Waals surface area contributed by atoms with Gasteiger partial charge in [-0.05, 0) is 114 Å². The largest absolute Gasteiger partial charge is 0.460 e. The zero-order valence-electron chi connectivity index (χ0n) is 41.2. The van der Waals surface area contributed by atoms with E-state index in [9.17, 15) is 28.8 Å². The molecule has 3 aliphatic heterocycles. The van der Waals surface area contributed by atoms with Crippen LogP contribution in [0.25, 0.3) is 0 Å². The molecule has 0 bridgehead atoms. The molecule has 0 N–H and O–H groups in total. The summed E-state index contributed by atoms with van der Waals surface area (Å²) in [6.45, 7) is 27.4. The highest BCUT2D eigenvalue weighted by molar-refractivity contribution is 5.91. The van der Waals surface area contributed by atoms with Gasteiger partial charge in [0.15, 0.2) is 0 Å². The Morgan fingerprint density at radius 1 is 0.508 bits per heavy atom. The van der Waals surface area contributed by atoms with Crippen molar-refractivity contribution in [3.8, 4) is 0 Å². The Bertz CT molecular complexity index is 2020. The number of hydrogen-bond acceptors (Lipinski definition) is 9. The number of hydrogen-bond donors (Lipinski definition) is 0. The lowest BCUT2D eigenvalue weighted by atomic mass is 9.89. The van der Waals surface area contributed by atoms with Gasteiger partial charge >= 0.3 is 17.9 Å². The maximum Gasteiger partial charge on any atom is 0.314 e. The van der Waals surface area contributed by atoms with Gasteiger partial charge in [-0.2, -0.15) is 0 Å². The monoisotopic (exact) mass is 896 g/mol. The smallest absolute Gasteiger partial charge is 0.314 e. The van der Waals surface area contributed by atoms with E-state index in [0.29, 0.717) is 19.6 Å². The van der Waals surface area contributed by atoms with Crippen LogP contribution in [0.1, 0.15) is 151 Å². The number of esters is 3. The Labute approximate surface area is 387 Å². The highest BCUT2D eigenvalue weighted by Gasteiger charge is 2.50. The molecule has 12 nitrogen and oxygen atoms in total. The molecule has 0 aliphatic carbocycles. The maximum absolute atomic E-state index is 12.4. The Morgan fingerprint density at radius 2 is 0.815 bits per heavy atom. The molecule has 65 heavy (non-hydrogen) atoms. The van der Waals surface area contributed by atoms with Crippen LogP contribution in [0.3, 0.4) is 0 Å². The van der Waals surface area contributed by atoms with Crippen molar-refractivity contribution in [3.63, 3.8) is 0 Å². The van der Waals surface area contributed by atoms with Gasteiger partial charge in [0.2, 0.25) is 17.7 Å². The minimum atomic E-state index is -0.770. The van der Waals surface area contributed by atoms with Gasteiger partial charge in [-0.25, -0.2) is 0 Å². The van der Waals surface area contributed by atoms with Crippen molar-refractivity contribution < 1.29 is 43.0 Å². The van der Waals surface area contributed by atoms with Crippen molar-refractivity contribution in [2.45, 2.75) is 151 Å². The molecular formula is C53H73N3O9. The van der Waals surface area contributed by atoms with Crippen molar-refractivity contribution in [2.75, 3.05) is 19.6 Å². The van der Waals surface area contributed by atoms with Crippen LogP contribution in [0.5, 0.6) is 0 Å². The van der Waals surface area contributed by atoms with Gasteiger partial charge in [0.05, 0.1) is 34.9 Å². The molecule has 3 fully saturated rings. The number of likely N-dealkylation sites (tertiary alicyclic amines) is 3. The van der Waals surface area contributed by atoms with Crippen molar-refractivity contribution in [2.24, 2.45) is 16.7 Å². The number of nitrogens with zero attached hydrogens (tertiary/aromatic N) is 3. The lowest BCUT2D eigenvalue weighted by molar-refractivity contribution is -0.167. The number of ether oxygens (including phenoxy) is 3. The Morgan fingerprint density at radius 3 is 1.12 bits per heavy atom. The van der Waals surface area contributed by atoms with E-state index in [1.54, 1.807) is 14.7 Å². The standard InChI is InChI=1S/2C18H25NO3.C17H23NO3/c2*1-13(14-9-7-6-8-10-14)19-12-18(5,11-15(19)20)16(21)22-17(2,3)4;1-12(13-8-6-5-7-9-13)18-11-14(10-15(18)19)16(20)21-17(2,3)4/h2*6-10,13H,11-12H2,1-5H3;5-9,12,14H,10-11H2,1-4H3/t13-,18+;13-,18-;12-,14?/m111/s1. The fraction of sp³-hybridized carbons (Fsp3) is 0.547. The minimum Gasteiger partial charge on any atom is -0.460 e. The van der Waals surface area contributed by atoms with E-state index in [0.717, 1.165) is 16.7 Å². The normalized spacial score (nSPS) is 22.5. The number of amides is 3. The van der Waals surface area contributed by atoms with Gasteiger partial charge < -0.3 is 28.9 Å². The van der Waals surface area contributed by atoms with E-state index in [-0.39, 0.29) is 78.9 Å². The summed E-state index contributed by atoms with van der Waals surface area (Å²) in [6.07, 6.45) is 0.657. The third-order valence-corrected chi connectivity index (χ3v) is 11.7. The summed E-state index contributed by atoms with van der Waals surface area (Å²) in [5, 5.41) is 0. The predicted molar refractivity (Wildman–Crippen MR) is 251 cm³/mol. The van der Waals surface area contributed by atoms with Crippen molar-refractivity contribution in [1.29, 1.82) is 0 Å². The molecule has 3 aliphatic rings. The Kier molecular flexibility index (Phi) is 16.6. The van der Waals surface area contributed by atoms with E-state index in [1.807, 2.05) is 188 Å². The molecule has 3 aromatic rings. The molecular weight excluding hydrogens is 823 g/mol. The summed E-state index contributed by atoms with van der Waals surface area (Å²) in [7, 11) is 0. The van der Waals surface area contributed by atoms with Crippen LogP contribution >= 0.6 is 0 Å². The summed E-state index contributed by atoms with van der Waals surface area (Å²) in [6, 6.07) is 29.5. The predicted octanol–water partition coefficient (Wildman–Crippen LogP) is 9.59. The van der Waals surface area contributed by atoms with Crippen molar-refractivity contribution in [1.82, 2.24) is 14.7 Å². The molecule has 3 amide bonds. The molecule has 0 aromatic heterocycles. The molecule has 0 radical (unpaired) electrons. The number of benzene rings is 3. The van der Waals surface area contributed by atoms with Gasteiger partial charge in [-0.3, -0.25) is 28.8 Å². The lowest BCUT2D eigenvalue weighted by Gasteiger charge is -2.29. The minimum absolute atomic E-state index is 0.00436. The van der Waals surface area contributed by atoms with Gasteiger partial charge in [0.25, 0.3) is 0 Å². The third-order valence-electron chi connectivity index (χ3n) is 11.7. The van der Waals surface area contributed by atoms with Crippen LogP contribution < -0.4 is 0 Å². The first-order valence-electron chi connectivity index (χ1n) is 22.8. The summed E-state index contributed by atoms with van der Waals surface area (Å²) in [5.74, 6) is -1.20. The van der Waals surface area contributed by atoms with Gasteiger partial charge in [0, 0.05) is 38.9 Å². The summed E-state index contributed by atoms with van der Waals surface area (Å²) in [4.78, 5) is 79.3. The van der Waals surface area contributed by atoms with Crippen LogP contribution in [0, 0.1) is 16.7 Å². The number of carbonyl (C=O) groups is 6. The van der Waals surface area contributed by atoms with Crippen LogP contribution in [0.2, 0.25) is 0 Å². The molecule has 6 atom stereocenters. The summed E-state index contributed by atoms with van der Waals surface area (Å²) >= 11 is 0. The first-order chi connectivity index (χ1) is 30.0. The van der Waals surface area contributed by atoms with E-state index in [1.165, 1.54) is 0 Å². The first kappa shape index (κ1) is 52.1. The van der Waals surface area contributed by atoms with Gasteiger partial charge in [-0.15, -0.1) is 0 Å². The quantitative estimate of drug-likeness (QED) is 0.152. The Balaban J connectivity index is 0.000000213. The number of rotatable bonds is 9. The number of carbonyl (C=O) groups excluding carboxylic acids is 6. The Hall–Kier alpha value is -5.52. The second-order valence-electron chi connectivity index (χ2n) is 21.3. The molecule has 354 valence electrons. The molecule has 3 heterocycles. The molecule has 6 rings (SSSR count). The fourth-order valence-electron chi connectivity index (χ4n) is 8.08. The zero-order chi connectivity index (χ0) is 48.7. The summed E-state index contributed by atoms with van der Waals surface area (Å²) in [5.41, 5.74) is 0.0899. The molecule has 3 aromatic carbocycles. The molecule has 3 saturated heterocycles. The van der Waals surface area contributed by atoms with E-state index in [4.69, 9.17) is 14.2 Å². The third kappa shape index (κ3) is 14.5. The fourth-order valence-corrected chi connectivity index (χ4v) is 8.08. The van der Waals surface area contributed by atoms with Crippen molar-refractivity contribution in [3.05, 3.63) is 108 Å². The highest BCUT2D eigenvalue weighted by atomic mass is 16.6. The average molecular weight is 896 g/mol. The van der Waals surface area contributed by atoms with Crippen LogP contribution in [0.4, 0.5) is 0 Å². The zero-order valence-corrected chi connectivity index (χ0v) is 41.2. The van der Waals surface area contributed by atoms with E-state index in [2.05, 4.69) is 0 Å². The maximum atomic E-state index is 12.4. The van der Waals surface area contributed by atoms with E-state index < -0.39 is 27.6 Å². The molecule has 0 spiro atoms. The van der Waals surface area contributed by atoms with Crippen LogP contribution in [-0.4, -0.2) is 86.8 Å². The highest BCUT2D eigenvalue weighted by Crippen LogP contribution is 2.39. The second kappa shape index (κ2) is 20.8. The van der Waals surface area contributed by atoms with Gasteiger partial charge in [0.1, 0.15) is 16.8 Å². The van der Waals surface area contributed by atoms with Gasteiger partial charge in [-0.1, -0.05) is 91.0 Å². The molecule has 1 unspecified atom stereocenters. The lowest BCUT2D eigenvalue weighted by Crippen LogP contribution is -2.38. The van der Waals surface area contributed by atoms with Crippen molar-refractivity contribution >= 4 is 35.6 Å². The van der Waals surface area contributed by atoms with Crippen LogP contribution in [0.15, 0.2) is 91.0 Å². The summed E-state index contributed by atoms with van der Waals surface area (Å²) < 4.78 is 16.4. The van der Waals surface area contributed by atoms with Crippen LogP contribution in [-0.2, 0) is 43.0 Å². The first-order valence-corrected chi connectivity index (χ1v) is 22.8. The molecule has 0 saturated carbocycles. The van der Waals surface area contributed by atoms with E-state index >= 15 is 0 Å². The SMILES string of the molecule is C[C@H](c1ccccc1)N1CC(C(=O)OC(C)(C)C)CC1=O.C[C@H](c1ccccc1)N1C[C@@](C)(C(=O)OC(C)(C)C)CC1=O.C[C@H](c1ccccc1)N1C[C@](C)(C(=O)OC(C)(C)C)CC1=O. The topological polar surface area (TPSA) is 140 Å². The average Bonchev–Trinajstić information content (AvgIpc) is 3.88. The second-order valence-corrected chi connectivity index (χ2v) is 21.3. The molecule has 12 heteroatoms.